The number of rotatable bonds is 51. The Hall–Kier alpha value is -1.17. The SMILES string of the molecule is CCCCCCCCCCC/C=C\C/C=C\CCCCCCCCCCCCCC(O)CC(=O)NC(CO)C(O)CCCCCCCCCCCCCCCCCCCCC. The maximum absolute atomic E-state index is 12.5. The summed E-state index contributed by atoms with van der Waals surface area (Å²) in [5.74, 6) is -0.280. The molecule has 0 aromatic heterocycles. The van der Waals surface area contributed by atoms with Crippen LogP contribution in [0, 0.1) is 0 Å². The fraction of sp³-hybridized carbons (Fsp3) is 0.911. The molecule has 3 unspecified atom stereocenters. The van der Waals surface area contributed by atoms with E-state index in [1.165, 1.54) is 238 Å². The van der Waals surface area contributed by atoms with Crippen LogP contribution in [-0.4, -0.2) is 46.1 Å². The topological polar surface area (TPSA) is 89.8 Å². The molecular weight excluding hydrogens is 751 g/mol. The highest BCUT2D eigenvalue weighted by molar-refractivity contribution is 5.76. The molecule has 0 aromatic carbocycles. The van der Waals surface area contributed by atoms with Gasteiger partial charge in [-0.2, -0.15) is 0 Å². The summed E-state index contributed by atoms with van der Waals surface area (Å²) >= 11 is 0. The molecule has 0 heterocycles. The van der Waals surface area contributed by atoms with E-state index in [-0.39, 0.29) is 18.9 Å². The Morgan fingerprint density at radius 3 is 1.03 bits per heavy atom. The fourth-order valence-electron chi connectivity index (χ4n) is 8.79. The maximum atomic E-state index is 12.5. The Morgan fingerprint density at radius 1 is 0.410 bits per heavy atom. The van der Waals surface area contributed by atoms with Crippen molar-refractivity contribution < 1.29 is 20.1 Å². The van der Waals surface area contributed by atoms with E-state index in [1.807, 2.05) is 0 Å². The zero-order valence-electron chi connectivity index (χ0n) is 41.3. The summed E-state index contributed by atoms with van der Waals surface area (Å²) in [7, 11) is 0. The van der Waals surface area contributed by atoms with Crippen molar-refractivity contribution in [3.8, 4) is 0 Å². The summed E-state index contributed by atoms with van der Waals surface area (Å²) in [6.45, 7) is 4.29. The number of amides is 1. The molecular formula is C56H109NO4. The Bertz CT molecular complexity index is 905. The van der Waals surface area contributed by atoms with E-state index in [9.17, 15) is 20.1 Å². The van der Waals surface area contributed by atoms with Crippen molar-refractivity contribution in [3.05, 3.63) is 24.3 Å². The number of carbonyl (C=O) groups is 1. The molecule has 0 bridgehead atoms. The standard InChI is InChI=1S/C56H109NO4/c1-3-5-7-9-11-13-15-17-19-21-23-24-25-26-27-28-29-30-32-33-35-37-39-41-43-45-47-49-53(59)51-56(61)57-54(52-58)55(60)50-48-46-44-42-40-38-36-34-31-22-20-18-16-14-12-10-8-6-4-2/h23-24,26-27,53-55,58-60H,3-22,25,28-52H2,1-2H3,(H,57,61)/b24-23-,27-26-. The Morgan fingerprint density at radius 2 is 0.705 bits per heavy atom. The quantitative estimate of drug-likeness (QED) is 0.0362. The molecule has 0 aliphatic heterocycles. The molecule has 0 aliphatic rings. The van der Waals surface area contributed by atoms with Crippen molar-refractivity contribution in [2.45, 2.75) is 321 Å². The van der Waals surface area contributed by atoms with Gasteiger partial charge in [0, 0.05) is 0 Å². The number of aliphatic hydroxyl groups excluding tert-OH is 3. The fourth-order valence-corrected chi connectivity index (χ4v) is 8.79. The molecule has 0 aliphatic carbocycles. The molecule has 362 valence electrons. The van der Waals surface area contributed by atoms with Gasteiger partial charge in [-0.25, -0.2) is 0 Å². The first-order valence-corrected chi connectivity index (χ1v) is 27.6. The number of allylic oxidation sites excluding steroid dienone is 4. The number of carbonyl (C=O) groups excluding carboxylic acids is 1. The molecule has 5 nitrogen and oxygen atoms in total. The van der Waals surface area contributed by atoms with Crippen LogP contribution in [0.5, 0.6) is 0 Å². The zero-order valence-corrected chi connectivity index (χ0v) is 41.3. The summed E-state index contributed by atoms with van der Waals surface area (Å²) in [4.78, 5) is 12.5. The molecule has 61 heavy (non-hydrogen) atoms. The van der Waals surface area contributed by atoms with Gasteiger partial charge in [0.1, 0.15) is 0 Å². The highest BCUT2D eigenvalue weighted by Gasteiger charge is 2.21. The third-order valence-corrected chi connectivity index (χ3v) is 13.0. The van der Waals surface area contributed by atoms with Crippen LogP contribution in [0.3, 0.4) is 0 Å². The lowest BCUT2D eigenvalue weighted by Gasteiger charge is -2.23. The molecule has 0 fully saturated rings. The van der Waals surface area contributed by atoms with Crippen molar-refractivity contribution in [2.24, 2.45) is 0 Å². The van der Waals surface area contributed by atoms with Crippen LogP contribution < -0.4 is 5.32 Å². The largest absolute Gasteiger partial charge is 0.394 e. The third-order valence-electron chi connectivity index (χ3n) is 13.0. The first-order valence-electron chi connectivity index (χ1n) is 27.6. The summed E-state index contributed by atoms with van der Waals surface area (Å²) in [6, 6.07) is -0.658. The maximum Gasteiger partial charge on any atom is 0.222 e. The summed E-state index contributed by atoms with van der Waals surface area (Å²) < 4.78 is 0. The zero-order chi connectivity index (χ0) is 44.4. The number of nitrogens with one attached hydrogen (secondary N) is 1. The van der Waals surface area contributed by atoms with E-state index in [2.05, 4.69) is 43.5 Å². The summed E-state index contributed by atoms with van der Waals surface area (Å²) in [5.41, 5.74) is 0. The number of unbranched alkanes of at least 4 members (excludes halogenated alkanes) is 38. The molecule has 0 aromatic rings. The van der Waals surface area contributed by atoms with E-state index in [1.54, 1.807) is 0 Å². The van der Waals surface area contributed by atoms with Crippen LogP contribution in [-0.2, 0) is 4.79 Å². The third kappa shape index (κ3) is 48.1. The summed E-state index contributed by atoms with van der Waals surface area (Å²) in [6.07, 6.45) is 64.7. The van der Waals surface area contributed by atoms with E-state index >= 15 is 0 Å². The monoisotopic (exact) mass is 860 g/mol. The van der Waals surface area contributed by atoms with Crippen molar-refractivity contribution in [3.63, 3.8) is 0 Å². The van der Waals surface area contributed by atoms with Gasteiger partial charge in [0.2, 0.25) is 5.91 Å². The molecule has 3 atom stereocenters. The highest BCUT2D eigenvalue weighted by atomic mass is 16.3. The lowest BCUT2D eigenvalue weighted by molar-refractivity contribution is -0.125. The van der Waals surface area contributed by atoms with Crippen LogP contribution >= 0.6 is 0 Å². The van der Waals surface area contributed by atoms with Crippen molar-refractivity contribution in [1.82, 2.24) is 5.32 Å². The van der Waals surface area contributed by atoms with Crippen LogP contribution in [0.15, 0.2) is 24.3 Å². The van der Waals surface area contributed by atoms with Crippen LogP contribution in [0.1, 0.15) is 303 Å². The average molecular weight is 860 g/mol. The van der Waals surface area contributed by atoms with Crippen LogP contribution in [0.4, 0.5) is 0 Å². The molecule has 0 saturated carbocycles. The van der Waals surface area contributed by atoms with E-state index in [4.69, 9.17) is 0 Å². The molecule has 0 radical (unpaired) electrons. The van der Waals surface area contributed by atoms with Crippen molar-refractivity contribution >= 4 is 5.91 Å². The smallest absolute Gasteiger partial charge is 0.222 e. The molecule has 1 amide bonds. The second-order valence-electron chi connectivity index (χ2n) is 19.2. The Kier molecular flexibility index (Phi) is 50.5. The van der Waals surface area contributed by atoms with E-state index < -0.39 is 18.2 Å². The van der Waals surface area contributed by atoms with Gasteiger partial charge in [-0.1, -0.05) is 276 Å². The predicted molar refractivity (Wildman–Crippen MR) is 268 cm³/mol. The lowest BCUT2D eigenvalue weighted by atomic mass is 10.0. The van der Waals surface area contributed by atoms with Gasteiger partial charge < -0.3 is 20.6 Å². The lowest BCUT2D eigenvalue weighted by Crippen LogP contribution is -2.46. The molecule has 0 spiro atoms. The van der Waals surface area contributed by atoms with E-state index in [0.29, 0.717) is 12.8 Å². The highest BCUT2D eigenvalue weighted by Crippen LogP contribution is 2.17. The Labute approximate surface area is 382 Å². The van der Waals surface area contributed by atoms with Gasteiger partial charge in [0.05, 0.1) is 31.3 Å². The van der Waals surface area contributed by atoms with Gasteiger partial charge in [-0.3, -0.25) is 4.79 Å². The van der Waals surface area contributed by atoms with Gasteiger partial charge in [-0.05, 0) is 44.9 Å². The van der Waals surface area contributed by atoms with Gasteiger partial charge in [0.25, 0.3) is 0 Å². The van der Waals surface area contributed by atoms with Gasteiger partial charge >= 0.3 is 0 Å². The van der Waals surface area contributed by atoms with Crippen LogP contribution in [0.2, 0.25) is 0 Å². The second kappa shape index (κ2) is 51.5. The van der Waals surface area contributed by atoms with Crippen molar-refractivity contribution in [1.29, 1.82) is 0 Å². The summed E-state index contributed by atoms with van der Waals surface area (Å²) in [5, 5.41) is 33.6. The second-order valence-corrected chi connectivity index (χ2v) is 19.2. The Balaban J connectivity index is 3.54. The minimum Gasteiger partial charge on any atom is -0.394 e. The first-order chi connectivity index (χ1) is 30.0. The van der Waals surface area contributed by atoms with Gasteiger partial charge in [-0.15, -0.1) is 0 Å². The molecule has 5 heteroatoms. The minimum absolute atomic E-state index is 0.0373. The molecule has 4 N–H and O–H groups in total. The molecule has 0 rings (SSSR count). The van der Waals surface area contributed by atoms with Gasteiger partial charge in [0.15, 0.2) is 0 Å². The van der Waals surface area contributed by atoms with Crippen molar-refractivity contribution in [2.75, 3.05) is 6.61 Å². The normalized spacial score (nSPS) is 13.5. The number of hydrogen-bond donors (Lipinski definition) is 4. The predicted octanol–water partition coefficient (Wildman–Crippen LogP) is 16.9. The number of hydrogen-bond acceptors (Lipinski definition) is 4. The first kappa shape index (κ1) is 59.8. The minimum atomic E-state index is -0.749. The van der Waals surface area contributed by atoms with Crippen LogP contribution in [0.25, 0.3) is 0 Å². The molecule has 0 saturated heterocycles. The van der Waals surface area contributed by atoms with E-state index in [0.717, 1.165) is 32.1 Å². The number of aliphatic hydroxyl groups is 3. The average Bonchev–Trinajstić information content (AvgIpc) is 3.25.